The normalized spacial score (nSPS) is 13.9. The van der Waals surface area contributed by atoms with Gasteiger partial charge in [0, 0.05) is 0 Å². The van der Waals surface area contributed by atoms with Crippen molar-refractivity contribution in [3.63, 3.8) is 0 Å². The average Bonchev–Trinajstić information content (AvgIpc) is 3.29. The van der Waals surface area contributed by atoms with Gasteiger partial charge in [0.25, 0.3) is 0 Å². The molecule has 0 saturated heterocycles. The topological polar surface area (TPSA) is 120 Å². The summed E-state index contributed by atoms with van der Waals surface area (Å²) >= 11 is 0.946. The molecule has 0 aliphatic heterocycles. The van der Waals surface area contributed by atoms with Crippen molar-refractivity contribution in [2.24, 2.45) is 0 Å². The quantitative estimate of drug-likeness (QED) is 0.460. The van der Waals surface area contributed by atoms with Gasteiger partial charge in [-0.3, -0.25) is 10.1 Å². The van der Waals surface area contributed by atoms with E-state index in [4.69, 9.17) is 14.2 Å². The summed E-state index contributed by atoms with van der Waals surface area (Å²) in [4.78, 5) is 49.0. The van der Waals surface area contributed by atoms with Crippen LogP contribution in [0.25, 0.3) is 0 Å². The Labute approximate surface area is 173 Å². The first-order chi connectivity index (χ1) is 13.8. The number of anilines is 1. The molecular weight excluding hydrogens is 400 g/mol. The molecule has 0 bridgehead atoms. The van der Waals surface area contributed by atoms with Crippen molar-refractivity contribution in [2.75, 3.05) is 25.1 Å². The van der Waals surface area contributed by atoms with Crippen molar-refractivity contribution in [2.45, 2.75) is 52.5 Å². The highest BCUT2D eigenvalue weighted by molar-refractivity contribution is 7.18. The number of carbonyl (C=O) groups is 4. The zero-order chi connectivity index (χ0) is 21.6. The predicted octanol–water partition coefficient (Wildman–Crippen LogP) is 3.02. The first-order valence-corrected chi connectivity index (χ1v) is 10.3. The molecule has 1 aromatic rings. The van der Waals surface area contributed by atoms with Gasteiger partial charge in [-0.25, -0.2) is 14.4 Å². The molecule has 10 heteroatoms. The number of thiophene rings is 1. The van der Waals surface area contributed by atoms with Crippen molar-refractivity contribution in [1.29, 1.82) is 0 Å². The molecule has 29 heavy (non-hydrogen) atoms. The molecule has 1 fully saturated rings. The highest BCUT2D eigenvalue weighted by Crippen LogP contribution is 2.39. The third-order valence-corrected chi connectivity index (χ3v) is 5.52. The first-order valence-electron chi connectivity index (χ1n) is 9.49. The molecule has 2 rings (SSSR count). The third kappa shape index (κ3) is 5.69. The van der Waals surface area contributed by atoms with Gasteiger partial charge in [-0.2, -0.15) is 0 Å². The van der Waals surface area contributed by atoms with Crippen LogP contribution in [-0.4, -0.2) is 49.3 Å². The lowest BCUT2D eigenvalue weighted by Gasteiger charge is -2.17. The molecule has 0 spiro atoms. The van der Waals surface area contributed by atoms with E-state index >= 15 is 0 Å². The van der Waals surface area contributed by atoms with Gasteiger partial charge in [0.15, 0.2) is 0 Å². The van der Waals surface area contributed by atoms with Crippen LogP contribution in [0.2, 0.25) is 0 Å². The van der Waals surface area contributed by atoms with Crippen LogP contribution in [0.15, 0.2) is 0 Å². The predicted molar refractivity (Wildman–Crippen MR) is 106 cm³/mol. The maximum absolute atomic E-state index is 12.5. The van der Waals surface area contributed by atoms with Gasteiger partial charge in [-0.05, 0) is 46.1 Å². The van der Waals surface area contributed by atoms with E-state index in [1.165, 1.54) is 0 Å². The fourth-order valence-electron chi connectivity index (χ4n) is 2.80. The summed E-state index contributed by atoms with van der Waals surface area (Å²) in [6.07, 6.45) is 1.39. The number of nitrogens with one attached hydrogen (secondary N) is 2. The molecule has 1 heterocycles. The second-order valence-corrected chi connectivity index (χ2v) is 7.56. The Balaban J connectivity index is 2.19. The van der Waals surface area contributed by atoms with Gasteiger partial charge < -0.3 is 19.5 Å². The van der Waals surface area contributed by atoms with E-state index in [-0.39, 0.29) is 47.7 Å². The van der Waals surface area contributed by atoms with Crippen LogP contribution in [0.1, 0.15) is 65.6 Å². The lowest BCUT2D eigenvalue weighted by atomic mass is 10.1. The van der Waals surface area contributed by atoms with Crippen LogP contribution < -0.4 is 10.6 Å². The van der Waals surface area contributed by atoms with E-state index < -0.39 is 23.5 Å². The van der Waals surface area contributed by atoms with Crippen molar-refractivity contribution < 1.29 is 33.4 Å². The molecule has 1 saturated carbocycles. The zero-order valence-corrected chi connectivity index (χ0v) is 17.8. The average molecular weight is 426 g/mol. The summed E-state index contributed by atoms with van der Waals surface area (Å²) in [5.74, 6) is -1.59. The Morgan fingerprint density at radius 1 is 0.966 bits per heavy atom. The Morgan fingerprint density at radius 2 is 1.55 bits per heavy atom. The maximum Gasteiger partial charge on any atom is 0.348 e. The van der Waals surface area contributed by atoms with Crippen LogP contribution in [0.4, 0.5) is 9.80 Å². The van der Waals surface area contributed by atoms with Crippen LogP contribution in [-0.2, 0) is 19.0 Å². The minimum Gasteiger partial charge on any atom is -0.466 e. The largest absolute Gasteiger partial charge is 0.466 e. The fraction of sp³-hybridized carbons (Fsp3) is 0.579. The van der Waals surface area contributed by atoms with Crippen LogP contribution in [0.3, 0.4) is 0 Å². The second-order valence-electron chi connectivity index (χ2n) is 6.54. The fourth-order valence-corrected chi connectivity index (χ4v) is 3.89. The molecule has 160 valence electrons. The lowest BCUT2D eigenvalue weighted by Crippen LogP contribution is -2.41. The highest BCUT2D eigenvalue weighted by atomic mass is 32.1. The molecule has 0 aromatic carbocycles. The molecule has 1 aliphatic rings. The number of ether oxygens (including phenoxy) is 3. The van der Waals surface area contributed by atoms with Gasteiger partial charge in [0.1, 0.15) is 9.88 Å². The monoisotopic (exact) mass is 426 g/mol. The molecule has 2 N–H and O–H groups in total. The van der Waals surface area contributed by atoms with Crippen LogP contribution in [0, 0.1) is 6.92 Å². The van der Waals surface area contributed by atoms with Crippen molar-refractivity contribution in [3.05, 3.63) is 16.0 Å². The van der Waals surface area contributed by atoms with E-state index in [0.717, 1.165) is 11.3 Å². The smallest absolute Gasteiger partial charge is 0.348 e. The van der Waals surface area contributed by atoms with E-state index in [0.29, 0.717) is 18.4 Å². The SMILES string of the molecule is CCOC(=O)CC1(NC(=O)Nc2sc(C(=O)OCC)c(C)c2C(=O)OCC)CC1. The van der Waals surface area contributed by atoms with Gasteiger partial charge in [-0.1, -0.05) is 0 Å². The molecular formula is C19H26N2O7S. The van der Waals surface area contributed by atoms with Gasteiger partial charge in [0.2, 0.25) is 0 Å². The molecule has 9 nitrogen and oxygen atoms in total. The van der Waals surface area contributed by atoms with E-state index in [2.05, 4.69) is 10.6 Å². The van der Waals surface area contributed by atoms with E-state index in [9.17, 15) is 19.2 Å². The van der Waals surface area contributed by atoms with Crippen LogP contribution >= 0.6 is 11.3 Å². The number of carbonyl (C=O) groups excluding carboxylic acids is 4. The minimum absolute atomic E-state index is 0.0799. The summed E-state index contributed by atoms with van der Waals surface area (Å²) in [7, 11) is 0. The van der Waals surface area contributed by atoms with Crippen LogP contribution in [0.5, 0.6) is 0 Å². The molecule has 1 aromatic heterocycles. The number of amides is 2. The van der Waals surface area contributed by atoms with E-state index in [1.54, 1.807) is 27.7 Å². The molecule has 0 radical (unpaired) electrons. The zero-order valence-electron chi connectivity index (χ0n) is 17.0. The van der Waals surface area contributed by atoms with Crippen molar-refractivity contribution >= 4 is 40.3 Å². The summed E-state index contributed by atoms with van der Waals surface area (Å²) in [5.41, 5.74) is -0.142. The lowest BCUT2D eigenvalue weighted by molar-refractivity contribution is -0.143. The van der Waals surface area contributed by atoms with Gasteiger partial charge >= 0.3 is 23.9 Å². The molecule has 1 aliphatic carbocycles. The maximum atomic E-state index is 12.5. The summed E-state index contributed by atoms with van der Waals surface area (Å²) < 4.78 is 15.0. The molecule has 0 unspecified atom stereocenters. The van der Waals surface area contributed by atoms with E-state index in [1.807, 2.05) is 0 Å². The van der Waals surface area contributed by atoms with Gasteiger partial charge in [0.05, 0.1) is 37.3 Å². The standard InChI is InChI=1S/C19H26N2O7S/c1-5-26-12(22)10-19(8-9-19)21-18(25)20-15-13(16(23)27-6-2)11(4)14(29-15)17(24)28-7-3/h5-10H2,1-4H3,(H2,20,21,25). The van der Waals surface area contributed by atoms with Gasteiger partial charge in [-0.15, -0.1) is 11.3 Å². The second kappa shape index (κ2) is 9.73. The Morgan fingerprint density at radius 3 is 2.10 bits per heavy atom. The third-order valence-electron chi connectivity index (χ3n) is 4.33. The molecule has 0 atom stereocenters. The number of hydrogen-bond donors (Lipinski definition) is 2. The minimum atomic E-state index is -0.642. The Bertz CT molecular complexity index is 799. The number of urea groups is 1. The van der Waals surface area contributed by atoms with Crippen molar-refractivity contribution in [3.8, 4) is 0 Å². The summed E-state index contributed by atoms with van der Waals surface area (Å²) in [6.45, 7) is 7.27. The summed E-state index contributed by atoms with van der Waals surface area (Å²) in [5, 5.41) is 5.58. The number of rotatable bonds is 9. The van der Waals surface area contributed by atoms with Crippen molar-refractivity contribution in [1.82, 2.24) is 5.32 Å². The summed E-state index contributed by atoms with van der Waals surface area (Å²) in [6, 6.07) is -0.575. The first kappa shape index (κ1) is 22.7. The number of esters is 3. The Hall–Kier alpha value is -2.62. The molecule has 2 amide bonds. The highest BCUT2D eigenvalue weighted by Gasteiger charge is 2.46. The number of hydrogen-bond acceptors (Lipinski definition) is 8. The Kier molecular flexibility index (Phi) is 7.60.